The Balaban J connectivity index is 2.40. The Labute approximate surface area is 96.7 Å². The molecule has 0 bridgehead atoms. The summed E-state index contributed by atoms with van der Waals surface area (Å²) in [6.45, 7) is 0. The second-order valence-corrected chi connectivity index (χ2v) is 4.21. The molecule has 0 saturated carbocycles. The number of hydrogen-bond donors (Lipinski definition) is 0. The van der Waals surface area contributed by atoms with E-state index in [1.54, 1.807) is 0 Å². The first-order chi connectivity index (χ1) is 7.29. The lowest BCUT2D eigenvalue weighted by Gasteiger charge is -2.01. The largest absolute Gasteiger partial charge is 0.253 e. The van der Waals surface area contributed by atoms with Gasteiger partial charge in [-0.3, -0.25) is 4.98 Å². The fraction of sp³-hybridized carbons (Fsp3) is 0.167. The van der Waals surface area contributed by atoms with E-state index in [4.69, 9.17) is 5.26 Å². The standard InChI is InChI=1S/C12H9BrN2/c13-10-4-6-12-9(8-10)3-5-11(15-12)2-1-7-14/h3-6,8H,1-2H2. The molecule has 0 saturated heterocycles. The van der Waals surface area contributed by atoms with Crippen LogP contribution in [0.5, 0.6) is 0 Å². The lowest BCUT2D eigenvalue weighted by Crippen LogP contribution is -1.89. The van der Waals surface area contributed by atoms with E-state index in [1.165, 1.54) is 0 Å². The normalized spacial score (nSPS) is 10.1. The maximum Gasteiger partial charge on any atom is 0.0706 e. The van der Waals surface area contributed by atoms with E-state index in [2.05, 4.69) is 27.0 Å². The van der Waals surface area contributed by atoms with Gasteiger partial charge in [0.15, 0.2) is 0 Å². The van der Waals surface area contributed by atoms with E-state index in [1.807, 2.05) is 30.3 Å². The van der Waals surface area contributed by atoms with Gasteiger partial charge in [-0.2, -0.15) is 5.26 Å². The number of nitriles is 1. The van der Waals surface area contributed by atoms with Crippen LogP contribution in [0.1, 0.15) is 12.1 Å². The smallest absolute Gasteiger partial charge is 0.0706 e. The summed E-state index contributed by atoms with van der Waals surface area (Å²) in [5, 5.41) is 9.61. The number of rotatable bonds is 2. The molecular weight excluding hydrogens is 252 g/mol. The van der Waals surface area contributed by atoms with Crippen LogP contribution in [0.4, 0.5) is 0 Å². The van der Waals surface area contributed by atoms with Crippen molar-refractivity contribution in [2.45, 2.75) is 12.8 Å². The van der Waals surface area contributed by atoms with E-state index >= 15 is 0 Å². The Morgan fingerprint density at radius 2 is 2.13 bits per heavy atom. The van der Waals surface area contributed by atoms with Gasteiger partial charge in [-0.15, -0.1) is 0 Å². The minimum Gasteiger partial charge on any atom is -0.253 e. The number of aromatic nitrogens is 1. The monoisotopic (exact) mass is 260 g/mol. The summed E-state index contributed by atoms with van der Waals surface area (Å²) >= 11 is 3.42. The minimum atomic E-state index is 0.523. The molecule has 2 aromatic rings. The van der Waals surface area contributed by atoms with Gasteiger partial charge in [0.25, 0.3) is 0 Å². The van der Waals surface area contributed by atoms with Gasteiger partial charge in [0.2, 0.25) is 0 Å². The topological polar surface area (TPSA) is 36.7 Å². The summed E-state index contributed by atoms with van der Waals surface area (Å²) in [6.07, 6.45) is 1.25. The summed E-state index contributed by atoms with van der Waals surface area (Å²) in [6, 6.07) is 12.1. The van der Waals surface area contributed by atoms with Gasteiger partial charge >= 0.3 is 0 Å². The zero-order valence-electron chi connectivity index (χ0n) is 8.07. The van der Waals surface area contributed by atoms with Crippen molar-refractivity contribution in [1.82, 2.24) is 4.98 Å². The summed E-state index contributed by atoms with van der Waals surface area (Å²) in [5.74, 6) is 0. The van der Waals surface area contributed by atoms with Gasteiger partial charge in [0.1, 0.15) is 0 Å². The van der Waals surface area contributed by atoms with Crippen LogP contribution in [0, 0.1) is 11.3 Å². The van der Waals surface area contributed by atoms with E-state index in [9.17, 15) is 0 Å². The second kappa shape index (κ2) is 4.41. The molecule has 1 aromatic heterocycles. The van der Waals surface area contributed by atoms with Gasteiger partial charge in [0.05, 0.1) is 11.6 Å². The first-order valence-corrected chi connectivity index (χ1v) is 5.51. The van der Waals surface area contributed by atoms with E-state index in [-0.39, 0.29) is 0 Å². The average Bonchev–Trinajstić information content (AvgIpc) is 2.26. The molecule has 0 fully saturated rings. The Morgan fingerprint density at radius 1 is 1.27 bits per heavy atom. The molecule has 0 amide bonds. The Kier molecular flexibility index (Phi) is 2.98. The van der Waals surface area contributed by atoms with Crippen molar-refractivity contribution >= 4 is 26.8 Å². The fourth-order valence-corrected chi connectivity index (χ4v) is 1.84. The van der Waals surface area contributed by atoms with Gasteiger partial charge in [-0.05, 0) is 24.3 Å². The van der Waals surface area contributed by atoms with Crippen LogP contribution >= 0.6 is 15.9 Å². The molecule has 0 aliphatic rings. The van der Waals surface area contributed by atoms with Crippen LogP contribution in [-0.4, -0.2) is 4.98 Å². The first-order valence-electron chi connectivity index (χ1n) is 4.72. The number of hydrogen-bond acceptors (Lipinski definition) is 2. The number of aryl methyl sites for hydroxylation is 1. The quantitative estimate of drug-likeness (QED) is 0.830. The van der Waals surface area contributed by atoms with Gasteiger partial charge in [-0.25, -0.2) is 0 Å². The van der Waals surface area contributed by atoms with Crippen molar-refractivity contribution in [3.8, 4) is 6.07 Å². The van der Waals surface area contributed by atoms with Gasteiger partial charge in [0, 0.05) is 28.4 Å². The lowest BCUT2D eigenvalue weighted by atomic mass is 10.1. The highest BCUT2D eigenvalue weighted by atomic mass is 79.9. The van der Waals surface area contributed by atoms with Crippen LogP contribution in [-0.2, 0) is 6.42 Å². The Morgan fingerprint density at radius 3 is 2.93 bits per heavy atom. The minimum absolute atomic E-state index is 0.523. The van der Waals surface area contributed by atoms with Crippen LogP contribution in [0.2, 0.25) is 0 Å². The summed E-state index contributed by atoms with van der Waals surface area (Å²) in [5.41, 5.74) is 1.96. The molecule has 0 aliphatic heterocycles. The van der Waals surface area contributed by atoms with Crippen molar-refractivity contribution in [3.05, 3.63) is 40.5 Å². The fourth-order valence-electron chi connectivity index (χ4n) is 1.46. The maximum absolute atomic E-state index is 8.49. The first kappa shape index (κ1) is 10.1. The van der Waals surface area contributed by atoms with E-state index in [0.29, 0.717) is 6.42 Å². The number of fused-ring (bicyclic) bond motifs is 1. The number of halogens is 1. The van der Waals surface area contributed by atoms with Crippen LogP contribution in [0.15, 0.2) is 34.8 Å². The van der Waals surface area contributed by atoms with Crippen molar-refractivity contribution in [2.24, 2.45) is 0 Å². The maximum atomic E-state index is 8.49. The Bertz CT molecular complexity index is 529. The van der Waals surface area contributed by atoms with Crippen molar-refractivity contribution in [3.63, 3.8) is 0 Å². The van der Waals surface area contributed by atoms with Crippen molar-refractivity contribution in [1.29, 1.82) is 5.26 Å². The summed E-state index contributed by atoms with van der Waals surface area (Å²) < 4.78 is 1.06. The third kappa shape index (κ3) is 2.34. The molecule has 0 unspecified atom stereocenters. The van der Waals surface area contributed by atoms with E-state index < -0.39 is 0 Å². The molecule has 0 atom stereocenters. The van der Waals surface area contributed by atoms with Gasteiger partial charge < -0.3 is 0 Å². The molecule has 0 aliphatic carbocycles. The molecule has 3 heteroatoms. The second-order valence-electron chi connectivity index (χ2n) is 3.30. The molecule has 0 radical (unpaired) electrons. The third-order valence-corrected chi connectivity index (χ3v) is 2.70. The molecule has 0 spiro atoms. The highest BCUT2D eigenvalue weighted by Crippen LogP contribution is 2.18. The predicted octanol–water partition coefficient (Wildman–Crippen LogP) is 3.45. The average molecular weight is 261 g/mol. The van der Waals surface area contributed by atoms with Crippen LogP contribution in [0.3, 0.4) is 0 Å². The molecule has 2 rings (SSSR count). The zero-order chi connectivity index (χ0) is 10.7. The lowest BCUT2D eigenvalue weighted by molar-refractivity contribution is 0.963. The molecule has 2 nitrogen and oxygen atoms in total. The summed E-state index contributed by atoms with van der Waals surface area (Å²) in [4.78, 5) is 4.48. The number of pyridine rings is 1. The SMILES string of the molecule is N#CCCc1ccc2cc(Br)ccc2n1. The molecule has 1 heterocycles. The predicted molar refractivity (Wildman–Crippen MR) is 63.4 cm³/mol. The van der Waals surface area contributed by atoms with Gasteiger partial charge in [-0.1, -0.05) is 22.0 Å². The van der Waals surface area contributed by atoms with Crippen LogP contribution in [0.25, 0.3) is 10.9 Å². The summed E-state index contributed by atoms with van der Waals surface area (Å²) in [7, 11) is 0. The molecule has 1 aromatic carbocycles. The molecule has 74 valence electrons. The highest BCUT2D eigenvalue weighted by Gasteiger charge is 1.98. The third-order valence-electron chi connectivity index (χ3n) is 2.20. The van der Waals surface area contributed by atoms with Crippen molar-refractivity contribution in [2.75, 3.05) is 0 Å². The molecule has 0 N–H and O–H groups in total. The molecule has 15 heavy (non-hydrogen) atoms. The number of benzene rings is 1. The van der Waals surface area contributed by atoms with Crippen LogP contribution < -0.4 is 0 Å². The van der Waals surface area contributed by atoms with E-state index in [0.717, 1.165) is 27.5 Å². The highest BCUT2D eigenvalue weighted by molar-refractivity contribution is 9.10. The number of nitrogens with zero attached hydrogens (tertiary/aromatic N) is 2. The molecular formula is C12H9BrN2. The Hall–Kier alpha value is -1.40. The van der Waals surface area contributed by atoms with Crippen molar-refractivity contribution < 1.29 is 0 Å². The zero-order valence-corrected chi connectivity index (χ0v) is 9.66.